The number of nitrogens with one attached hydrogen (secondary N) is 2. The molecule has 1 saturated heterocycles. The molecule has 6 aliphatic carbocycles. The van der Waals surface area contributed by atoms with Crippen molar-refractivity contribution in [2.45, 2.75) is 117 Å². The van der Waals surface area contributed by atoms with Crippen LogP contribution >= 0.6 is 0 Å². The number of fused-ring (bicyclic) bond motifs is 7. The van der Waals surface area contributed by atoms with Gasteiger partial charge in [0.25, 0.3) is 0 Å². The standard InChI is InChI=1S/C40H63N3O4/c1-22(2)35-34(45)18-39(14-15-42-19-40(41)20-43-21-40)13-11-26-27-6-8-31-23(3)25(16-33(44)29-17-30(24(29)4)37(46)47)10-12-38(31,5)32(27)9-7-28(26)36(35)39/h22-32,42-43H,6-21,41H2,1-5H3,(H,46,47). The molecule has 0 bridgehead atoms. The summed E-state index contributed by atoms with van der Waals surface area (Å²) >= 11 is 0. The van der Waals surface area contributed by atoms with Crippen LogP contribution in [0.1, 0.15) is 112 Å². The van der Waals surface area contributed by atoms with Gasteiger partial charge in [-0.3, -0.25) is 14.4 Å². The van der Waals surface area contributed by atoms with Gasteiger partial charge in [0.05, 0.1) is 11.5 Å². The molecule has 0 spiro atoms. The van der Waals surface area contributed by atoms with Gasteiger partial charge in [-0.25, -0.2) is 0 Å². The van der Waals surface area contributed by atoms with Crippen LogP contribution in [0.5, 0.6) is 0 Å². The van der Waals surface area contributed by atoms with Crippen LogP contribution in [0, 0.1) is 75.9 Å². The van der Waals surface area contributed by atoms with Crippen molar-refractivity contribution in [2.75, 3.05) is 26.2 Å². The second kappa shape index (κ2) is 12.3. The zero-order valence-corrected chi connectivity index (χ0v) is 29.9. The number of carboxylic acids is 1. The van der Waals surface area contributed by atoms with E-state index in [1.54, 1.807) is 5.57 Å². The van der Waals surface area contributed by atoms with Gasteiger partial charge in [-0.05, 0) is 135 Å². The molecular formula is C40H63N3O4. The minimum Gasteiger partial charge on any atom is -0.481 e. The van der Waals surface area contributed by atoms with Crippen molar-refractivity contribution < 1.29 is 19.5 Å². The molecule has 5 saturated carbocycles. The Kier molecular flexibility index (Phi) is 8.90. The van der Waals surface area contributed by atoms with Gasteiger partial charge >= 0.3 is 5.97 Å². The summed E-state index contributed by atoms with van der Waals surface area (Å²) in [4.78, 5) is 38.6. The van der Waals surface area contributed by atoms with Crippen molar-refractivity contribution in [3.8, 4) is 0 Å². The molecule has 0 radical (unpaired) electrons. The van der Waals surface area contributed by atoms with Gasteiger partial charge in [0.1, 0.15) is 5.78 Å². The molecule has 12 atom stereocenters. The number of allylic oxidation sites excluding steroid dienone is 2. The summed E-state index contributed by atoms with van der Waals surface area (Å²) in [6, 6.07) is 0. The maximum atomic E-state index is 13.7. The van der Waals surface area contributed by atoms with Crippen molar-refractivity contribution in [3.63, 3.8) is 0 Å². The van der Waals surface area contributed by atoms with Crippen LogP contribution < -0.4 is 16.4 Å². The Morgan fingerprint density at radius 2 is 1.72 bits per heavy atom. The fourth-order valence-electron chi connectivity index (χ4n) is 13.3. The highest BCUT2D eigenvalue weighted by Gasteiger charge is 2.61. The number of carbonyl (C=O) groups excluding carboxylic acids is 2. The lowest BCUT2D eigenvalue weighted by Crippen LogP contribution is -2.69. The van der Waals surface area contributed by atoms with Crippen molar-refractivity contribution in [3.05, 3.63) is 11.1 Å². The monoisotopic (exact) mass is 649 g/mol. The molecule has 262 valence electrons. The number of carbonyl (C=O) groups is 3. The van der Waals surface area contributed by atoms with Crippen LogP contribution in [0.15, 0.2) is 11.1 Å². The molecule has 12 unspecified atom stereocenters. The molecule has 47 heavy (non-hydrogen) atoms. The Balaban J connectivity index is 1.04. The maximum absolute atomic E-state index is 13.7. The van der Waals surface area contributed by atoms with Crippen LogP contribution in [-0.2, 0) is 14.4 Å². The molecule has 0 aromatic heterocycles. The van der Waals surface area contributed by atoms with Crippen molar-refractivity contribution in [2.24, 2.45) is 81.7 Å². The highest BCUT2D eigenvalue weighted by Crippen LogP contribution is 2.68. The van der Waals surface area contributed by atoms with Gasteiger partial charge in [0.2, 0.25) is 0 Å². The molecule has 5 N–H and O–H groups in total. The second-order valence-electron chi connectivity index (χ2n) is 18.6. The lowest BCUT2D eigenvalue weighted by atomic mass is 9.42. The third-order valence-corrected chi connectivity index (χ3v) is 16.1. The van der Waals surface area contributed by atoms with Gasteiger partial charge in [-0.2, -0.15) is 0 Å². The number of hydrogen-bond acceptors (Lipinski definition) is 6. The second-order valence-corrected chi connectivity index (χ2v) is 18.6. The van der Waals surface area contributed by atoms with E-state index in [-0.39, 0.29) is 28.7 Å². The van der Waals surface area contributed by atoms with Crippen molar-refractivity contribution in [1.29, 1.82) is 0 Å². The van der Waals surface area contributed by atoms with Gasteiger partial charge < -0.3 is 21.5 Å². The van der Waals surface area contributed by atoms with Gasteiger partial charge in [-0.1, -0.05) is 40.2 Å². The largest absolute Gasteiger partial charge is 0.481 e. The van der Waals surface area contributed by atoms with Crippen LogP contribution in [-0.4, -0.2) is 54.4 Å². The molecule has 1 aliphatic heterocycles. The summed E-state index contributed by atoms with van der Waals surface area (Å²) in [5, 5.41) is 16.4. The lowest BCUT2D eigenvalue weighted by Gasteiger charge is -2.63. The SMILES string of the molecule is CC(C)C1=C2C3CCC4C(CCC5C(C)C(CC(=O)C6CC(C(=O)O)C6C)CCC54C)C3CCC2(CCNCC2(N)CNC2)CC1=O. The van der Waals surface area contributed by atoms with E-state index in [9.17, 15) is 19.5 Å². The number of nitrogens with two attached hydrogens (primary N) is 1. The summed E-state index contributed by atoms with van der Waals surface area (Å²) in [7, 11) is 0. The first kappa shape index (κ1) is 33.9. The Bertz CT molecular complexity index is 1300. The third kappa shape index (κ3) is 5.52. The number of Topliss-reactive ketones (excluding diaryl/α,β-unsaturated/α-hetero) is 2. The average Bonchev–Trinajstić information content (AvgIpc) is 3.31. The number of hydrogen-bond donors (Lipinski definition) is 4. The molecule has 7 nitrogen and oxygen atoms in total. The predicted molar refractivity (Wildman–Crippen MR) is 184 cm³/mol. The Hall–Kier alpha value is -1.57. The minimum absolute atomic E-state index is 0.0234. The van der Waals surface area contributed by atoms with Gasteiger partial charge in [0.15, 0.2) is 5.78 Å². The third-order valence-electron chi connectivity index (χ3n) is 16.1. The first-order valence-electron chi connectivity index (χ1n) is 19.5. The highest BCUT2D eigenvalue weighted by atomic mass is 16.4. The average molecular weight is 650 g/mol. The highest BCUT2D eigenvalue weighted by molar-refractivity contribution is 6.00. The van der Waals surface area contributed by atoms with Crippen molar-refractivity contribution in [1.82, 2.24) is 10.6 Å². The Morgan fingerprint density at radius 1 is 0.979 bits per heavy atom. The van der Waals surface area contributed by atoms with Crippen LogP contribution in [0.3, 0.4) is 0 Å². The quantitative estimate of drug-likeness (QED) is 0.214. The predicted octanol–water partition coefficient (Wildman–Crippen LogP) is 6.01. The number of carboxylic acid groups (broad SMARTS) is 1. The van der Waals surface area contributed by atoms with Gasteiger partial charge in [0, 0.05) is 43.8 Å². The summed E-state index contributed by atoms with van der Waals surface area (Å²) in [5.41, 5.74) is 9.52. The zero-order valence-electron chi connectivity index (χ0n) is 29.9. The topological polar surface area (TPSA) is 122 Å². The van der Waals surface area contributed by atoms with Crippen LogP contribution in [0.25, 0.3) is 0 Å². The van der Waals surface area contributed by atoms with Crippen molar-refractivity contribution >= 4 is 17.5 Å². The Labute approximate surface area is 283 Å². The van der Waals surface area contributed by atoms with E-state index >= 15 is 0 Å². The van der Waals surface area contributed by atoms with E-state index in [4.69, 9.17) is 5.73 Å². The molecular weight excluding hydrogens is 586 g/mol. The van der Waals surface area contributed by atoms with Gasteiger partial charge in [-0.15, -0.1) is 0 Å². The fraction of sp³-hybridized carbons (Fsp3) is 0.875. The lowest BCUT2D eigenvalue weighted by molar-refractivity contribution is -0.154. The van der Waals surface area contributed by atoms with E-state index < -0.39 is 5.97 Å². The smallest absolute Gasteiger partial charge is 0.306 e. The van der Waals surface area contributed by atoms with E-state index in [2.05, 4.69) is 38.3 Å². The summed E-state index contributed by atoms with van der Waals surface area (Å²) in [6.45, 7) is 15.1. The molecule has 7 heteroatoms. The van der Waals surface area contributed by atoms with E-state index in [1.165, 1.54) is 44.1 Å². The molecule has 1 heterocycles. The summed E-state index contributed by atoms with van der Waals surface area (Å²) in [6.07, 6.45) is 12.8. The fourth-order valence-corrected chi connectivity index (χ4v) is 13.3. The van der Waals surface area contributed by atoms with E-state index in [0.717, 1.165) is 63.7 Å². The molecule has 0 aromatic rings. The van der Waals surface area contributed by atoms with Crippen LogP contribution in [0.2, 0.25) is 0 Å². The first-order valence-corrected chi connectivity index (χ1v) is 19.5. The van der Waals surface area contributed by atoms with E-state index in [0.29, 0.717) is 65.3 Å². The molecule has 6 fully saturated rings. The summed E-state index contributed by atoms with van der Waals surface area (Å²) < 4.78 is 0. The zero-order chi connectivity index (χ0) is 33.5. The van der Waals surface area contributed by atoms with Crippen LogP contribution in [0.4, 0.5) is 0 Å². The minimum atomic E-state index is -0.742. The molecule has 7 rings (SSSR count). The normalized spacial score (nSPS) is 45.3. The number of aliphatic carboxylic acids is 1. The number of rotatable bonds is 10. The molecule has 0 aromatic carbocycles. The van der Waals surface area contributed by atoms with E-state index in [1.807, 2.05) is 6.92 Å². The molecule has 7 aliphatic rings. The first-order chi connectivity index (χ1) is 22.3. The Morgan fingerprint density at radius 3 is 2.38 bits per heavy atom. The maximum Gasteiger partial charge on any atom is 0.306 e. The molecule has 0 amide bonds. The number of ketones is 2. The summed E-state index contributed by atoms with van der Waals surface area (Å²) in [5.74, 6) is 4.30.